The number of hydrogen-bond acceptors (Lipinski definition) is 4. The van der Waals surface area contributed by atoms with Crippen molar-refractivity contribution in [2.75, 3.05) is 4.31 Å². The molecule has 0 saturated heterocycles. The van der Waals surface area contributed by atoms with E-state index in [1.54, 1.807) is 24.4 Å². The fourth-order valence-corrected chi connectivity index (χ4v) is 7.97. The van der Waals surface area contributed by atoms with E-state index in [1.807, 2.05) is 0 Å². The molecule has 0 saturated carbocycles. The average molecular weight is 503 g/mol. The van der Waals surface area contributed by atoms with Gasteiger partial charge in [-0.2, -0.15) is 0 Å². The van der Waals surface area contributed by atoms with Crippen LogP contribution in [0.5, 0.6) is 0 Å². The SMILES string of the molecule is CCC(CC)(N(c1ccc2cccnc2c1)S(=O)(=O)c1cc(Cl)cc(Cl)c1)P(=O)(O)O. The van der Waals surface area contributed by atoms with Crippen LogP contribution in [-0.2, 0) is 14.6 Å². The molecule has 0 radical (unpaired) electrons. The minimum atomic E-state index is -4.97. The first-order valence-electron chi connectivity index (χ1n) is 9.38. The molecule has 2 aromatic carbocycles. The van der Waals surface area contributed by atoms with Gasteiger partial charge < -0.3 is 9.79 Å². The van der Waals surface area contributed by atoms with Crippen LogP contribution in [-0.4, -0.2) is 28.5 Å². The number of aromatic nitrogens is 1. The highest BCUT2D eigenvalue weighted by Gasteiger charge is 2.54. The Morgan fingerprint density at radius 3 is 2.19 bits per heavy atom. The maximum atomic E-state index is 13.8. The highest BCUT2D eigenvalue weighted by Crippen LogP contribution is 2.59. The van der Waals surface area contributed by atoms with Crippen molar-refractivity contribution >= 4 is 57.4 Å². The molecule has 0 unspecified atom stereocenters. The van der Waals surface area contributed by atoms with E-state index in [2.05, 4.69) is 4.98 Å². The number of hydrogen-bond donors (Lipinski definition) is 2. The third-order valence-electron chi connectivity index (χ3n) is 5.25. The Morgan fingerprint density at radius 1 is 1.03 bits per heavy atom. The van der Waals surface area contributed by atoms with Gasteiger partial charge in [0.15, 0.2) is 5.28 Å². The van der Waals surface area contributed by atoms with E-state index >= 15 is 0 Å². The summed E-state index contributed by atoms with van der Waals surface area (Å²) in [6.45, 7) is 3.07. The Balaban J connectivity index is 2.39. The Kier molecular flexibility index (Phi) is 6.73. The van der Waals surface area contributed by atoms with Crippen LogP contribution < -0.4 is 4.31 Å². The number of nitrogens with zero attached hydrogens (tertiary/aromatic N) is 2. The summed E-state index contributed by atoms with van der Waals surface area (Å²) in [7, 11) is -9.46. The first-order chi connectivity index (χ1) is 14.5. The maximum absolute atomic E-state index is 13.8. The monoisotopic (exact) mass is 502 g/mol. The van der Waals surface area contributed by atoms with E-state index in [0.717, 1.165) is 9.69 Å². The van der Waals surface area contributed by atoms with Gasteiger partial charge in [-0.1, -0.05) is 49.2 Å². The minimum Gasteiger partial charge on any atom is -0.323 e. The third kappa shape index (κ3) is 4.33. The summed E-state index contributed by atoms with van der Waals surface area (Å²) in [6.07, 6.45) is 1.28. The number of fused-ring (bicyclic) bond motifs is 1. The fourth-order valence-electron chi connectivity index (χ4n) is 3.63. The molecule has 2 N–H and O–H groups in total. The van der Waals surface area contributed by atoms with Crippen molar-refractivity contribution in [3.8, 4) is 0 Å². The van der Waals surface area contributed by atoms with Gasteiger partial charge in [0.05, 0.1) is 16.1 Å². The van der Waals surface area contributed by atoms with Crippen molar-refractivity contribution in [2.45, 2.75) is 36.9 Å². The Labute approximate surface area is 190 Å². The summed E-state index contributed by atoms with van der Waals surface area (Å²) >= 11 is 12.1. The number of pyridine rings is 1. The van der Waals surface area contributed by atoms with Crippen LogP contribution in [0, 0.1) is 0 Å². The minimum absolute atomic E-state index is 0.0781. The number of halogens is 2. The topological polar surface area (TPSA) is 108 Å². The Hall–Kier alpha value is -1.67. The molecule has 0 aliphatic heterocycles. The first kappa shape index (κ1) is 24.0. The summed E-state index contributed by atoms with van der Waals surface area (Å²) in [6, 6.07) is 12.0. The summed E-state index contributed by atoms with van der Waals surface area (Å²) in [5.41, 5.74) is 0.561. The lowest BCUT2D eigenvalue weighted by Crippen LogP contribution is -2.51. The van der Waals surface area contributed by atoms with E-state index in [-0.39, 0.29) is 33.5 Å². The van der Waals surface area contributed by atoms with Gasteiger partial charge in [0.1, 0.15) is 0 Å². The third-order valence-corrected chi connectivity index (χ3v) is 9.61. The molecule has 3 rings (SSSR count). The highest BCUT2D eigenvalue weighted by molar-refractivity contribution is 7.93. The van der Waals surface area contributed by atoms with E-state index in [0.29, 0.717) is 5.52 Å². The molecule has 0 amide bonds. The van der Waals surface area contributed by atoms with Gasteiger partial charge in [-0.3, -0.25) is 9.55 Å². The molecular weight excluding hydrogens is 482 g/mol. The predicted octanol–water partition coefficient (Wildman–Crippen LogP) is 5.43. The molecule has 0 aliphatic carbocycles. The van der Waals surface area contributed by atoms with Crippen LogP contribution >= 0.6 is 30.8 Å². The van der Waals surface area contributed by atoms with E-state index in [9.17, 15) is 22.8 Å². The molecule has 0 fully saturated rings. The molecule has 31 heavy (non-hydrogen) atoms. The molecule has 0 atom stereocenters. The Bertz CT molecular complexity index is 1260. The van der Waals surface area contributed by atoms with Gasteiger partial charge in [0.2, 0.25) is 0 Å². The number of anilines is 1. The second-order valence-corrected chi connectivity index (χ2v) is 11.6. The van der Waals surface area contributed by atoms with Gasteiger partial charge in [-0.05, 0) is 49.2 Å². The molecule has 0 spiro atoms. The zero-order valence-electron chi connectivity index (χ0n) is 16.7. The second kappa shape index (κ2) is 8.70. The van der Waals surface area contributed by atoms with Crippen molar-refractivity contribution in [1.82, 2.24) is 4.98 Å². The van der Waals surface area contributed by atoms with Gasteiger partial charge in [0, 0.05) is 21.6 Å². The molecular formula is C20H21Cl2N2O5PS. The smallest absolute Gasteiger partial charge is 0.323 e. The van der Waals surface area contributed by atoms with Crippen LogP contribution in [0.4, 0.5) is 5.69 Å². The van der Waals surface area contributed by atoms with Crippen molar-refractivity contribution in [2.24, 2.45) is 0 Å². The molecule has 166 valence electrons. The number of rotatable bonds is 7. The van der Waals surface area contributed by atoms with Crippen LogP contribution in [0.25, 0.3) is 10.9 Å². The second-order valence-electron chi connectivity index (χ2n) is 6.99. The maximum Gasteiger partial charge on any atom is 0.351 e. The van der Waals surface area contributed by atoms with Crippen LogP contribution in [0.1, 0.15) is 26.7 Å². The standard InChI is InChI=1S/C20H21Cl2N2O5PS/c1-3-20(4-2,30(25,26)27)24(17-8-7-14-6-5-9-23-19(14)13-17)31(28,29)18-11-15(21)10-16(22)12-18/h5-13H,3-4H2,1-2H3,(H2,25,26,27). The number of sulfonamides is 1. The first-order valence-corrected chi connectivity index (χ1v) is 13.2. The van der Waals surface area contributed by atoms with Gasteiger partial charge in [-0.25, -0.2) is 12.7 Å². The zero-order chi connectivity index (χ0) is 23.0. The lowest BCUT2D eigenvalue weighted by Gasteiger charge is -2.43. The fraction of sp³-hybridized carbons (Fsp3) is 0.250. The van der Waals surface area contributed by atoms with Gasteiger partial charge in [0.25, 0.3) is 10.0 Å². The Morgan fingerprint density at radius 2 is 1.65 bits per heavy atom. The van der Waals surface area contributed by atoms with Crippen molar-refractivity contribution < 1.29 is 22.8 Å². The quantitative estimate of drug-likeness (QED) is 0.417. The van der Waals surface area contributed by atoms with E-state index in [1.165, 1.54) is 44.2 Å². The van der Waals surface area contributed by atoms with Crippen LogP contribution in [0.3, 0.4) is 0 Å². The summed E-state index contributed by atoms with van der Waals surface area (Å²) in [4.78, 5) is 24.6. The lowest BCUT2D eigenvalue weighted by molar-refractivity contribution is 0.317. The summed E-state index contributed by atoms with van der Waals surface area (Å²) in [5, 5.41) is -1.10. The molecule has 0 bridgehead atoms. The molecule has 1 aromatic heterocycles. The normalized spacial score (nSPS) is 12.8. The highest BCUT2D eigenvalue weighted by atomic mass is 35.5. The molecule has 1 heterocycles. The number of benzene rings is 2. The predicted molar refractivity (Wildman–Crippen MR) is 123 cm³/mol. The van der Waals surface area contributed by atoms with Gasteiger partial charge in [-0.15, -0.1) is 0 Å². The van der Waals surface area contributed by atoms with E-state index < -0.39 is 22.9 Å². The van der Waals surface area contributed by atoms with Crippen molar-refractivity contribution in [1.29, 1.82) is 0 Å². The van der Waals surface area contributed by atoms with E-state index in [4.69, 9.17) is 23.2 Å². The van der Waals surface area contributed by atoms with Crippen molar-refractivity contribution in [3.63, 3.8) is 0 Å². The molecule has 0 aliphatic rings. The summed E-state index contributed by atoms with van der Waals surface area (Å²) in [5.74, 6) is 0. The molecule has 7 nitrogen and oxygen atoms in total. The molecule has 3 aromatic rings. The molecule has 11 heteroatoms. The lowest BCUT2D eigenvalue weighted by atomic mass is 10.1. The van der Waals surface area contributed by atoms with Crippen molar-refractivity contribution in [3.05, 3.63) is 64.8 Å². The van der Waals surface area contributed by atoms with Crippen LogP contribution in [0.15, 0.2) is 59.6 Å². The van der Waals surface area contributed by atoms with Crippen LogP contribution in [0.2, 0.25) is 10.0 Å². The summed E-state index contributed by atoms with van der Waals surface area (Å²) < 4.78 is 41.2. The zero-order valence-corrected chi connectivity index (χ0v) is 20.0. The van der Waals surface area contributed by atoms with Gasteiger partial charge >= 0.3 is 7.60 Å². The average Bonchev–Trinajstić information content (AvgIpc) is 2.69. The largest absolute Gasteiger partial charge is 0.351 e.